The van der Waals surface area contributed by atoms with Crippen LogP contribution in [0.5, 0.6) is 0 Å². The minimum absolute atomic E-state index is 0.0891. The van der Waals surface area contributed by atoms with Gasteiger partial charge in [-0.25, -0.2) is 4.98 Å². The number of nitrogens with zero attached hydrogens (tertiary/aromatic N) is 3. The minimum Gasteiger partial charge on any atom is -0.392 e. The normalized spacial score (nSPS) is 21.3. The first-order chi connectivity index (χ1) is 8.63. The van der Waals surface area contributed by atoms with E-state index in [9.17, 15) is 5.11 Å². The molecule has 1 aliphatic heterocycles. The van der Waals surface area contributed by atoms with Crippen molar-refractivity contribution in [2.45, 2.75) is 32.9 Å². The zero-order chi connectivity index (χ0) is 13.1. The Kier molecular flexibility index (Phi) is 4.19. The van der Waals surface area contributed by atoms with E-state index in [2.05, 4.69) is 35.7 Å². The fourth-order valence-corrected chi connectivity index (χ4v) is 2.32. The molecule has 0 aliphatic carbocycles. The fourth-order valence-electron chi connectivity index (χ4n) is 2.32. The lowest BCUT2D eigenvalue weighted by molar-refractivity contribution is 0.233. The van der Waals surface area contributed by atoms with E-state index in [1.165, 1.54) is 0 Å². The van der Waals surface area contributed by atoms with Crippen LogP contribution in [0.4, 0.5) is 5.82 Å². The van der Waals surface area contributed by atoms with E-state index < -0.39 is 0 Å². The number of hydrogen-bond acceptors (Lipinski definition) is 4. The number of aryl methyl sites for hydroxylation is 1. The minimum atomic E-state index is 0.0891. The van der Waals surface area contributed by atoms with Gasteiger partial charge in [0.2, 0.25) is 0 Å². The van der Waals surface area contributed by atoms with E-state index in [-0.39, 0.29) is 6.61 Å². The first kappa shape index (κ1) is 13.3. The highest BCUT2D eigenvalue weighted by molar-refractivity contribution is 5.43. The number of hydrogen-bond donors (Lipinski definition) is 1. The average molecular weight is 249 g/mol. The van der Waals surface area contributed by atoms with E-state index in [0.29, 0.717) is 6.04 Å². The second-order valence-electron chi connectivity index (χ2n) is 5.11. The molecule has 0 bridgehead atoms. The number of piperazine rings is 1. The molecule has 1 aromatic heterocycles. The maximum atomic E-state index is 9.32. The highest BCUT2D eigenvalue weighted by Gasteiger charge is 2.21. The van der Waals surface area contributed by atoms with Crippen LogP contribution in [0.1, 0.15) is 25.1 Å². The van der Waals surface area contributed by atoms with Crippen molar-refractivity contribution < 1.29 is 5.11 Å². The molecular formula is C14H23N3O. The Bertz CT molecular complexity index is 386. The SMILES string of the molecule is CCc1cc(CO)cc(N2CCN(C)C(C)C2)n1. The zero-order valence-electron chi connectivity index (χ0n) is 11.6. The lowest BCUT2D eigenvalue weighted by Crippen LogP contribution is -2.50. The Labute approximate surface area is 109 Å². The van der Waals surface area contributed by atoms with Crippen LogP contribution in [0.2, 0.25) is 0 Å². The predicted octanol–water partition coefficient (Wildman–Crippen LogP) is 1.28. The van der Waals surface area contributed by atoms with E-state index in [4.69, 9.17) is 0 Å². The van der Waals surface area contributed by atoms with Gasteiger partial charge in [0.05, 0.1) is 6.61 Å². The van der Waals surface area contributed by atoms with Gasteiger partial charge in [-0.15, -0.1) is 0 Å². The largest absolute Gasteiger partial charge is 0.392 e. The second-order valence-corrected chi connectivity index (χ2v) is 5.11. The van der Waals surface area contributed by atoms with E-state index in [1.54, 1.807) is 0 Å². The van der Waals surface area contributed by atoms with Gasteiger partial charge in [0.15, 0.2) is 0 Å². The summed E-state index contributed by atoms with van der Waals surface area (Å²) in [7, 11) is 2.16. The number of aliphatic hydroxyl groups is 1. The highest BCUT2D eigenvalue weighted by atomic mass is 16.3. The monoisotopic (exact) mass is 249 g/mol. The summed E-state index contributed by atoms with van der Waals surface area (Å²) in [6, 6.07) is 4.55. The van der Waals surface area contributed by atoms with Gasteiger partial charge in [-0.1, -0.05) is 6.92 Å². The number of aliphatic hydroxyl groups excluding tert-OH is 1. The van der Waals surface area contributed by atoms with Crippen molar-refractivity contribution in [1.82, 2.24) is 9.88 Å². The predicted molar refractivity (Wildman–Crippen MR) is 73.8 cm³/mol. The molecule has 100 valence electrons. The van der Waals surface area contributed by atoms with E-state index >= 15 is 0 Å². The number of aromatic nitrogens is 1. The maximum Gasteiger partial charge on any atom is 0.129 e. The molecule has 0 radical (unpaired) electrons. The van der Waals surface area contributed by atoms with Crippen LogP contribution >= 0.6 is 0 Å². The lowest BCUT2D eigenvalue weighted by Gasteiger charge is -2.38. The molecule has 1 N–H and O–H groups in total. The van der Waals surface area contributed by atoms with Crippen LogP contribution in [-0.2, 0) is 13.0 Å². The number of pyridine rings is 1. The third-order valence-electron chi connectivity index (χ3n) is 3.75. The number of rotatable bonds is 3. The Balaban J connectivity index is 2.22. The first-order valence-corrected chi connectivity index (χ1v) is 6.70. The molecule has 0 spiro atoms. The van der Waals surface area contributed by atoms with Crippen LogP contribution in [0.15, 0.2) is 12.1 Å². The molecule has 1 fully saturated rings. The highest BCUT2D eigenvalue weighted by Crippen LogP contribution is 2.19. The summed E-state index contributed by atoms with van der Waals surface area (Å²) in [5, 5.41) is 9.32. The summed E-state index contributed by atoms with van der Waals surface area (Å²) >= 11 is 0. The lowest BCUT2D eigenvalue weighted by atomic mass is 10.1. The first-order valence-electron chi connectivity index (χ1n) is 6.70. The summed E-state index contributed by atoms with van der Waals surface area (Å²) in [6.45, 7) is 7.50. The second kappa shape index (κ2) is 5.67. The van der Waals surface area contributed by atoms with Gasteiger partial charge >= 0.3 is 0 Å². The Morgan fingerprint density at radius 3 is 2.78 bits per heavy atom. The molecule has 1 unspecified atom stereocenters. The molecule has 1 atom stereocenters. The van der Waals surface area contributed by atoms with Crippen molar-refractivity contribution in [3.63, 3.8) is 0 Å². The summed E-state index contributed by atoms with van der Waals surface area (Å²) in [5.41, 5.74) is 2.02. The summed E-state index contributed by atoms with van der Waals surface area (Å²) < 4.78 is 0. The standard InChI is InChI=1S/C14H23N3O/c1-4-13-7-12(10-18)8-14(15-13)17-6-5-16(3)11(2)9-17/h7-8,11,18H,4-6,9-10H2,1-3H3. The van der Waals surface area contributed by atoms with Gasteiger partial charge in [-0.05, 0) is 38.1 Å². The Morgan fingerprint density at radius 1 is 1.39 bits per heavy atom. The zero-order valence-corrected chi connectivity index (χ0v) is 11.6. The molecule has 2 heterocycles. The smallest absolute Gasteiger partial charge is 0.129 e. The van der Waals surface area contributed by atoms with Crippen LogP contribution in [0, 0.1) is 0 Å². The van der Waals surface area contributed by atoms with Crippen LogP contribution < -0.4 is 4.90 Å². The summed E-state index contributed by atoms with van der Waals surface area (Å²) in [5.74, 6) is 1.01. The molecule has 1 saturated heterocycles. The number of anilines is 1. The summed E-state index contributed by atoms with van der Waals surface area (Å²) in [4.78, 5) is 9.37. The van der Waals surface area contributed by atoms with Crippen LogP contribution in [0.25, 0.3) is 0 Å². The van der Waals surface area contributed by atoms with E-state index in [0.717, 1.165) is 43.1 Å². The van der Waals surface area contributed by atoms with Gasteiger partial charge in [0.25, 0.3) is 0 Å². The van der Waals surface area contributed by atoms with Gasteiger partial charge in [0, 0.05) is 31.4 Å². The molecule has 0 aromatic carbocycles. The molecular weight excluding hydrogens is 226 g/mol. The van der Waals surface area contributed by atoms with Gasteiger partial charge in [-0.3, -0.25) is 0 Å². The molecule has 4 heteroatoms. The number of likely N-dealkylation sites (N-methyl/N-ethyl adjacent to an activating group) is 1. The van der Waals surface area contributed by atoms with Gasteiger partial charge in [0.1, 0.15) is 5.82 Å². The molecule has 1 aromatic rings. The van der Waals surface area contributed by atoms with Crippen molar-refractivity contribution in [2.24, 2.45) is 0 Å². The third-order valence-corrected chi connectivity index (χ3v) is 3.75. The topological polar surface area (TPSA) is 39.6 Å². The third kappa shape index (κ3) is 2.82. The maximum absolute atomic E-state index is 9.32. The van der Waals surface area contributed by atoms with Crippen LogP contribution in [-0.4, -0.2) is 47.7 Å². The van der Waals surface area contributed by atoms with Crippen LogP contribution in [0.3, 0.4) is 0 Å². The average Bonchev–Trinajstić information content (AvgIpc) is 2.41. The molecule has 0 saturated carbocycles. The van der Waals surface area contributed by atoms with Gasteiger partial charge in [-0.2, -0.15) is 0 Å². The molecule has 18 heavy (non-hydrogen) atoms. The Hall–Kier alpha value is -1.13. The molecule has 2 rings (SSSR count). The molecule has 0 amide bonds. The van der Waals surface area contributed by atoms with Crippen molar-refractivity contribution in [2.75, 3.05) is 31.6 Å². The molecule has 1 aliphatic rings. The van der Waals surface area contributed by atoms with E-state index in [1.807, 2.05) is 12.1 Å². The van der Waals surface area contributed by atoms with Crippen molar-refractivity contribution in [3.8, 4) is 0 Å². The Morgan fingerprint density at radius 2 is 2.17 bits per heavy atom. The fraction of sp³-hybridized carbons (Fsp3) is 0.643. The quantitative estimate of drug-likeness (QED) is 0.876. The molecule has 4 nitrogen and oxygen atoms in total. The van der Waals surface area contributed by atoms with Crippen molar-refractivity contribution in [3.05, 3.63) is 23.4 Å². The van der Waals surface area contributed by atoms with Crippen molar-refractivity contribution in [1.29, 1.82) is 0 Å². The van der Waals surface area contributed by atoms with Gasteiger partial charge < -0.3 is 14.9 Å². The summed E-state index contributed by atoms with van der Waals surface area (Å²) in [6.07, 6.45) is 0.907. The van der Waals surface area contributed by atoms with Crippen molar-refractivity contribution >= 4 is 5.82 Å².